The first-order chi connectivity index (χ1) is 15.5. The normalized spacial score (nSPS) is 11.8. The fourth-order valence-electron chi connectivity index (χ4n) is 2.91. The van der Waals surface area contributed by atoms with Gasteiger partial charge in [0.25, 0.3) is 5.91 Å². The van der Waals surface area contributed by atoms with Crippen molar-refractivity contribution in [1.82, 2.24) is 15.0 Å². The Balaban J connectivity index is 0.00000578. The number of thiazole rings is 1. The zero-order valence-corrected chi connectivity index (χ0v) is 21.2. The van der Waals surface area contributed by atoms with Gasteiger partial charge in [-0.05, 0) is 37.5 Å². The Morgan fingerprint density at radius 2 is 2.03 bits per heavy atom. The van der Waals surface area contributed by atoms with Crippen LogP contribution in [-0.2, 0) is 14.8 Å². The van der Waals surface area contributed by atoms with E-state index in [2.05, 4.69) is 20.3 Å². The number of halogens is 1. The molecule has 0 aliphatic heterocycles. The third-order valence-corrected chi connectivity index (χ3v) is 7.12. The lowest BCUT2D eigenvalue weighted by Crippen LogP contribution is -2.43. The maximum atomic E-state index is 12.6. The van der Waals surface area contributed by atoms with Crippen LogP contribution < -0.4 is 21.1 Å². The molecule has 0 saturated carbocycles. The number of hydrogen-bond donors (Lipinski definition) is 6. The molecular weight excluding hydrogens is 504 g/mol. The van der Waals surface area contributed by atoms with E-state index in [4.69, 9.17) is 11.1 Å². The maximum Gasteiger partial charge on any atom is 0.321 e. The van der Waals surface area contributed by atoms with Gasteiger partial charge in [-0.25, -0.2) is 18.1 Å². The van der Waals surface area contributed by atoms with Crippen LogP contribution >= 0.6 is 23.7 Å². The Labute approximate surface area is 208 Å². The number of nitrogens with zero attached hydrogens (tertiary/aromatic N) is 1. The molecule has 7 N–H and O–H groups in total. The van der Waals surface area contributed by atoms with E-state index in [1.165, 1.54) is 11.3 Å². The highest BCUT2D eigenvalue weighted by Crippen LogP contribution is 2.33. The van der Waals surface area contributed by atoms with Gasteiger partial charge in [-0.2, -0.15) is 0 Å². The van der Waals surface area contributed by atoms with E-state index in [9.17, 15) is 23.1 Å². The van der Waals surface area contributed by atoms with Gasteiger partial charge in [0.1, 0.15) is 6.04 Å². The van der Waals surface area contributed by atoms with Crippen LogP contribution in [0.4, 0.5) is 5.13 Å². The van der Waals surface area contributed by atoms with Gasteiger partial charge in [-0.15, -0.1) is 12.4 Å². The first kappa shape index (κ1) is 29.3. The van der Waals surface area contributed by atoms with Crippen molar-refractivity contribution in [2.45, 2.75) is 39.2 Å². The molecule has 1 aromatic carbocycles. The first-order valence-corrected chi connectivity index (χ1v) is 12.7. The second kappa shape index (κ2) is 13.2. The molecule has 1 aromatic heterocycles. The van der Waals surface area contributed by atoms with E-state index < -0.39 is 27.9 Å². The Kier molecular flexibility index (Phi) is 11.4. The molecule has 0 bridgehead atoms. The van der Waals surface area contributed by atoms with E-state index >= 15 is 0 Å². The van der Waals surface area contributed by atoms with Gasteiger partial charge in [0, 0.05) is 12.1 Å². The highest BCUT2D eigenvalue weighted by molar-refractivity contribution is 7.89. The lowest BCUT2D eigenvalue weighted by Gasteiger charge is -2.15. The summed E-state index contributed by atoms with van der Waals surface area (Å²) >= 11 is 1.29. The quantitative estimate of drug-likeness (QED) is 0.177. The summed E-state index contributed by atoms with van der Waals surface area (Å²) in [6.07, 6.45) is 1.00. The number of amides is 1. The molecule has 1 heterocycles. The van der Waals surface area contributed by atoms with E-state index in [-0.39, 0.29) is 37.1 Å². The van der Waals surface area contributed by atoms with Crippen LogP contribution in [0.3, 0.4) is 0 Å². The lowest BCUT2D eigenvalue weighted by molar-refractivity contribution is -0.139. The Morgan fingerprint density at radius 1 is 1.32 bits per heavy atom. The highest BCUT2D eigenvalue weighted by atomic mass is 35.5. The van der Waals surface area contributed by atoms with Crippen molar-refractivity contribution in [3.05, 3.63) is 35.5 Å². The number of carboxylic acids is 1. The summed E-state index contributed by atoms with van der Waals surface area (Å²) < 4.78 is 26.2. The number of anilines is 1. The Bertz CT molecular complexity index is 1120. The predicted octanol–water partition coefficient (Wildman–Crippen LogP) is 2.14. The number of aromatic nitrogens is 1. The molecule has 2 aromatic rings. The largest absolute Gasteiger partial charge is 0.480 e. The summed E-state index contributed by atoms with van der Waals surface area (Å²) in [5.74, 6) is -2.09. The molecule has 0 aliphatic carbocycles. The molecule has 188 valence electrons. The van der Waals surface area contributed by atoms with Gasteiger partial charge in [-0.1, -0.05) is 36.8 Å². The van der Waals surface area contributed by atoms with E-state index in [1.54, 1.807) is 25.1 Å². The zero-order valence-electron chi connectivity index (χ0n) is 18.8. The monoisotopic (exact) mass is 532 g/mol. The van der Waals surface area contributed by atoms with Crippen LogP contribution in [0.25, 0.3) is 10.4 Å². The number of carbonyl (C=O) groups is 2. The van der Waals surface area contributed by atoms with Crippen LogP contribution in [-0.4, -0.2) is 54.7 Å². The molecule has 0 aliphatic rings. The van der Waals surface area contributed by atoms with E-state index in [0.29, 0.717) is 29.2 Å². The Hall–Kier alpha value is -2.74. The van der Waals surface area contributed by atoms with Crippen LogP contribution in [0.15, 0.2) is 24.3 Å². The number of rotatable bonds is 12. The van der Waals surface area contributed by atoms with E-state index in [1.807, 2.05) is 13.0 Å². The van der Waals surface area contributed by atoms with Crippen LogP contribution in [0.5, 0.6) is 0 Å². The summed E-state index contributed by atoms with van der Waals surface area (Å²) in [5, 5.41) is 22.4. The second-order valence-electron chi connectivity index (χ2n) is 7.28. The molecule has 2 rings (SSSR count). The lowest BCUT2D eigenvalue weighted by atomic mass is 10.1. The molecule has 0 saturated heterocycles. The number of unbranched alkanes of at least 4 members (excludes halogenated alkanes) is 1. The van der Waals surface area contributed by atoms with Crippen LogP contribution in [0.1, 0.15) is 42.2 Å². The number of nitrogens with one attached hydrogen (secondary N) is 4. The number of aryl methyl sites for hydroxylation is 1. The number of benzene rings is 1. The molecule has 1 atom stereocenters. The minimum absolute atomic E-state index is 0. The summed E-state index contributed by atoms with van der Waals surface area (Å²) in [5.41, 5.74) is 7.16. The summed E-state index contributed by atoms with van der Waals surface area (Å²) in [6.45, 7) is 3.62. The third-order valence-electron chi connectivity index (χ3n) is 4.53. The van der Waals surface area contributed by atoms with Gasteiger partial charge < -0.3 is 21.5 Å². The number of guanidine groups is 1. The highest BCUT2D eigenvalue weighted by Gasteiger charge is 2.23. The molecule has 0 spiro atoms. The number of hydrogen-bond acceptors (Lipinski definition) is 7. The van der Waals surface area contributed by atoms with Crippen molar-refractivity contribution in [3.8, 4) is 10.4 Å². The molecule has 11 nitrogen and oxygen atoms in total. The molecule has 1 amide bonds. The maximum absolute atomic E-state index is 12.6. The van der Waals surface area contributed by atoms with Crippen molar-refractivity contribution in [2.75, 3.05) is 17.6 Å². The Morgan fingerprint density at radius 3 is 2.65 bits per heavy atom. The number of aliphatic carboxylic acids is 1. The first-order valence-electron chi connectivity index (χ1n) is 10.2. The predicted molar refractivity (Wildman–Crippen MR) is 135 cm³/mol. The zero-order chi connectivity index (χ0) is 24.6. The van der Waals surface area contributed by atoms with Crippen molar-refractivity contribution < 1.29 is 23.1 Å². The second-order valence-corrected chi connectivity index (χ2v) is 10.2. The van der Waals surface area contributed by atoms with Crippen molar-refractivity contribution in [2.24, 2.45) is 5.73 Å². The minimum Gasteiger partial charge on any atom is -0.480 e. The molecule has 14 heteroatoms. The molecular formula is C20H29ClN6O5S2. The van der Waals surface area contributed by atoms with Gasteiger partial charge in [0.2, 0.25) is 10.0 Å². The van der Waals surface area contributed by atoms with Gasteiger partial charge >= 0.3 is 5.97 Å². The average Bonchev–Trinajstić information content (AvgIpc) is 3.10. The van der Waals surface area contributed by atoms with Gasteiger partial charge in [0.05, 0.1) is 16.3 Å². The van der Waals surface area contributed by atoms with Gasteiger partial charge in [0.15, 0.2) is 11.1 Å². The van der Waals surface area contributed by atoms with Crippen LogP contribution in [0.2, 0.25) is 0 Å². The molecule has 0 radical (unpaired) electrons. The summed E-state index contributed by atoms with van der Waals surface area (Å²) in [7, 11) is -3.71. The number of carbonyl (C=O) groups excluding carboxylic acids is 1. The topological polar surface area (TPSA) is 187 Å². The van der Waals surface area contributed by atoms with Gasteiger partial charge in [-0.3, -0.25) is 15.0 Å². The average molecular weight is 533 g/mol. The molecule has 0 unspecified atom stereocenters. The smallest absolute Gasteiger partial charge is 0.321 e. The molecule has 0 fully saturated rings. The van der Waals surface area contributed by atoms with E-state index in [0.717, 1.165) is 10.4 Å². The SMILES string of the molecule is CCCCS(=O)(=O)N[C@@H](CCNC(=O)c1cccc(-c2sc(NC(=N)N)nc2C)c1)C(=O)O.Cl. The fourth-order valence-corrected chi connectivity index (χ4v) is 5.32. The van der Waals surface area contributed by atoms with Crippen LogP contribution in [0, 0.1) is 12.3 Å². The standard InChI is InChI=1S/C20H28N6O5S2.ClH/c1-3-4-10-33(30,31)26-15(18(28)29)8-9-23-17(27)14-7-5-6-13(11-14)16-12(2)24-20(32-16)25-19(21)22;/h5-7,11,15,26H,3-4,8-10H2,1-2H3,(H,23,27)(H,28,29)(H4,21,22,24,25);1H/t15-;/m0./s1. The number of carboxylic acid groups (broad SMARTS) is 1. The summed E-state index contributed by atoms with van der Waals surface area (Å²) in [4.78, 5) is 29.1. The number of sulfonamides is 1. The fraction of sp³-hybridized carbons (Fsp3) is 0.400. The van der Waals surface area contributed by atoms with Crippen molar-refractivity contribution in [1.29, 1.82) is 5.41 Å². The third kappa shape index (κ3) is 8.89. The number of nitrogens with two attached hydrogens (primary N) is 1. The molecule has 34 heavy (non-hydrogen) atoms. The summed E-state index contributed by atoms with van der Waals surface area (Å²) in [6, 6.07) is 5.50. The minimum atomic E-state index is -3.71. The van der Waals surface area contributed by atoms with Crippen molar-refractivity contribution in [3.63, 3.8) is 0 Å². The van der Waals surface area contributed by atoms with Crippen molar-refractivity contribution >= 4 is 56.7 Å².